The molecule has 1 fully saturated rings. The summed E-state index contributed by atoms with van der Waals surface area (Å²) in [6.07, 6.45) is 5.85. The summed E-state index contributed by atoms with van der Waals surface area (Å²) in [7, 11) is 0. The maximum atomic E-state index is 11.7. The largest absolute Gasteiger partial charge is 0.364 e. The van der Waals surface area contributed by atoms with E-state index >= 15 is 0 Å². The summed E-state index contributed by atoms with van der Waals surface area (Å²) in [5.74, 6) is -0.149. The number of hydrogen-bond donors (Lipinski definition) is 5. The number of primary amides is 1. The van der Waals surface area contributed by atoms with Gasteiger partial charge in [0, 0.05) is 23.2 Å². The zero-order chi connectivity index (χ0) is 18.8. The number of fused-ring (bicyclic) bond motifs is 1. The number of H-pyrrole nitrogens is 1. The molecule has 0 radical (unpaired) electrons. The Morgan fingerprint density at radius 1 is 1.22 bits per heavy atom. The molecule has 7 N–H and O–H groups in total. The lowest BCUT2D eigenvalue weighted by Gasteiger charge is -2.29. The van der Waals surface area contributed by atoms with Crippen molar-refractivity contribution >= 4 is 34.3 Å². The van der Waals surface area contributed by atoms with E-state index in [-0.39, 0.29) is 23.6 Å². The molecule has 1 saturated carbocycles. The lowest BCUT2D eigenvalue weighted by molar-refractivity contribution is 0.0995. The van der Waals surface area contributed by atoms with E-state index in [1.54, 1.807) is 6.20 Å². The predicted octanol–water partition coefficient (Wildman–Crippen LogP) is 1.27. The molecule has 0 saturated heterocycles. The summed E-state index contributed by atoms with van der Waals surface area (Å²) in [5, 5.41) is 22.1. The van der Waals surface area contributed by atoms with E-state index in [1.807, 2.05) is 18.2 Å². The van der Waals surface area contributed by atoms with Crippen molar-refractivity contribution in [2.75, 3.05) is 10.6 Å². The molecule has 4 rings (SSSR count). The minimum Gasteiger partial charge on any atom is -0.364 e. The van der Waals surface area contributed by atoms with Crippen LogP contribution in [0.3, 0.4) is 0 Å². The smallest absolute Gasteiger partial charge is 0.273 e. The molecule has 1 aliphatic rings. The van der Waals surface area contributed by atoms with E-state index in [0.29, 0.717) is 5.95 Å². The van der Waals surface area contributed by atoms with Gasteiger partial charge in [-0.15, -0.1) is 10.2 Å². The third-order valence-corrected chi connectivity index (χ3v) is 4.76. The lowest BCUT2D eigenvalue weighted by atomic mass is 9.91. The van der Waals surface area contributed by atoms with Crippen molar-refractivity contribution < 1.29 is 4.79 Å². The van der Waals surface area contributed by atoms with E-state index < -0.39 is 5.91 Å². The van der Waals surface area contributed by atoms with Gasteiger partial charge >= 0.3 is 0 Å². The molecule has 0 unspecified atom stereocenters. The summed E-state index contributed by atoms with van der Waals surface area (Å²) in [4.78, 5) is 16.1. The zero-order valence-corrected chi connectivity index (χ0v) is 14.6. The van der Waals surface area contributed by atoms with Crippen LogP contribution in [0.1, 0.15) is 36.2 Å². The van der Waals surface area contributed by atoms with Gasteiger partial charge in [0.05, 0.1) is 11.7 Å². The molecule has 0 aliphatic heterocycles. The number of nitrogens with two attached hydrogens (primary N) is 2. The number of hydrogen-bond acceptors (Lipinski definition) is 8. The second-order valence-corrected chi connectivity index (χ2v) is 6.69. The molecule has 1 aromatic carbocycles. The van der Waals surface area contributed by atoms with E-state index in [2.05, 4.69) is 36.0 Å². The Labute approximate surface area is 155 Å². The predicted molar refractivity (Wildman–Crippen MR) is 102 cm³/mol. The van der Waals surface area contributed by atoms with Crippen LogP contribution in [0.25, 0.3) is 10.9 Å². The molecule has 2 heterocycles. The molecular formula is C17H21N9O. The Kier molecular flexibility index (Phi) is 4.55. The van der Waals surface area contributed by atoms with Crippen molar-refractivity contribution in [3.8, 4) is 0 Å². The number of rotatable bonds is 5. The van der Waals surface area contributed by atoms with Crippen molar-refractivity contribution in [1.29, 1.82) is 0 Å². The van der Waals surface area contributed by atoms with Crippen LogP contribution >= 0.6 is 0 Å². The van der Waals surface area contributed by atoms with Gasteiger partial charge in [0.1, 0.15) is 0 Å². The number of nitrogens with zero attached hydrogens (tertiary/aromatic N) is 4. The van der Waals surface area contributed by atoms with Gasteiger partial charge in [-0.25, -0.2) is 0 Å². The molecule has 3 aromatic rings. The molecule has 27 heavy (non-hydrogen) atoms. The molecule has 2 aromatic heterocycles. The summed E-state index contributed by atoms with van der Waals surface area (Å²) < 4.78 is 0. The van der Waals surface area contributed by atoms with Gasteiger partial charge in [-0.05, 0) is 31.0 Å². The van der Waals surface area contributed by atoms with E-state index in [9.17, 15) is 4.79 Å². The summed E-state index contributed by atoms with van der Waals surface area (Å²) in [5.41, 5.74) is 13.2. The molecule has 0 spiro atoms. The van der Waals surface area contributed by atoms with E-state index in [0.717, 1.165) is 42.3 Å². The lowest BCUT2D eigenvalue weighted by Crippen LogP contribution is -2.43. The highest BCUT2D eigenvalue weighted by molar-refractivity contribution is 5.96. The van der Waals surface area contributed by atoms with Crippen molar-refractivity contribution in [2.45, 2.75) is 37.8 Å². The average Bonchev–Trinajstić information content (AvgIpc) is 3.11. The summed E-state index contributed by atoms with van der Waals surface area (Å²) in [6.45, 7) is 0. The number of aromatic nitrogens is 5. The summed E-state index contributed by atoms with van der Waals surface area (Å²) >= 11 is 0. The quantitative estimate of drug-likeness (QED) is 0.450. The van der Waals surface area contributed by atoms with Crippen molar-refractivity contribution in [1.82, 2.24) is 25.4 Å². The first-order chi connectivity index (χ1) is 13.1. The van der Waals surface area contributed by atoms with Crippen molar-refractivity contribution in [3.63, 3.8) is 0 Å². The van der Waals surface area contributed by atoms with Crippen LogP contribution in [0.2, 0.25) is 0 Å². The minimum atomic E-state index is -0.706. The molecule has 1 aliphatic carbocycles. The summed E-state index contributed by atoms with van der Waals surface area (Å²) in [6, 6.07) is 5.73. The molecule has 10 heteroatoms. The van der Waals surface area contributed by atoms with Crippen LogP contribution in [0.5, 0.6) is 0 Å². The molecule has 10 nitrogen and oxygen atoms in total. The van der Waals surface area contributed by atoms with Crippen LogP contribution in [-0.2, 0) is 0 Å². The van der Waals surface area contributed by atoms with Gasteiger partial charge in [0.15, 0.2) is 11.5 Å². The highest BCUT2D eigenvalue weighted by Gasteiger charge is 2.23. The number of carbonyl (C=O) groups is 1. The number of benzene rings is 1. The molecular weight excluding hydrogens is 346 g/mol. The van der Waals surface area contributed by atoms with Crippen LogP contribution in [0.4, 0.5) is 17.5 Å². The van der Waals surface area contributed by atoms with Gasteiger partial charge in [0.25, 0.3) is 5.91 Å². The fraction of sp³-hybridized carbons (Fsp3) is 0.353. The van der Waals surface area contributed by atoms with Crippen LogP contribution in [0.15, 0.2) is 24.4 Å². The second kappa shape index (κ2) is 7.16. The number of carbonyl (C=O) groups excluding carboxylic acids is 1. The van der Waals surface area contributed by atoms with E-state index in [4.69, 9.17) is 11.5 Å². The Bertz CT molecular complexity index is 970. The first-order valence-electron chi connectivity index (χ1n) is 8.87. The topological polar surface area (TPSA) is 161 Å². The number of amides is 1. The number of aromatic amines is 1. The average molecular weight is 367 g/mol. The van der Waals surface area contributed by atoms with Gasteiger partial charge in [0.2, 0.25) is 5.95 Å². The number of nitrogens with one attached hydrogen (secondary N) is 3. The second-order valence-electron chi connectivity index (χ2n) is 6.69. The maximum Gasteiger partial charge on any atom is 0.273 e. The van der Waals surface area contributed by atoms with Gasteiger partial charge < -0.3 is 22.1 Å². The SMILES string of the molecule is NC(=O)c1nnc(N[C@@H]2CCCC[C@@H]2N)nc1Nc1ccc2[nH]ncc2c1. The third-order valence-electron chi connectivity index (χ3n) is 4.76. The molecule has 1 amide bonds. The number of anilines is 3. The Morgan fingerprint density at radius 3 is 2.89 bits per heavy atom. The van der Waals surface area contributed by atoms with Gasteiger partial charge in [-0.1, -0.05) is 12.8 Å². The Balaban J connectivity index is 1.61. The zero-order valence-electron chi connectivity index (χ0n) is 14.6. The standard InChI is InChI=1S/C17H21N9O/c18-11-3-1-2-4-13(11)22-17-23-16(14(15(19)27)25-26-17)21-10-5-6-12-9(7-10)8-20-24-12/h5-8,11,13H,1-4,18H2,(H2,19,27)(H,20,24)(H2,21,22,23,26)/t11-,13+/m0/s1. The monoisotopic (exact) mass is 367 g/mol. The fourth-order valence-electron chi connectivity index (χ4n) is 3.30. The Morgan fingerprint density at radius 2 is 2.07 bits per heavy atom. The first kappa shape index (κ1) is 17.2. The van der Waals surface area contributed by atoms with Gasteiger partial charge in [-0.3, -0.25) is 9.89 Å². The molecule has 0 bridgehead atoms. The molecule has 2 atom stereocenters. The Hall–Kier alpha value is -3.27. The molecule has 140 valence electrons. The third kappa shape index (κ3) is 3.65. The van der Waals surface area contributed by atoms with E-state index in [1.165, 1.54) is 0 Å². The van der Waals surface area contributed by atoms with Crippen molar-refractivity contribution in [2.24, 2.45) is 11.5 Å². The normalized spacial score (nSPS) is 19.7. The van der Waals surface area contributed by atoms with Crippen LogP contribution < -0.4 is 22.1 Å². The van der Waals surface area contributed by atoms with Gasteiger partial charge in [-0.2, -0.15) is 10.1 Å². The minimum absolute atomic E-state index is 0.0271. The highest BCUT2D eigenvalue weighted by atomic mass is 16.1. The van der Waals surface area contributed by atoms with Crippen LogP contribution in [0, 0.1) is 0 Å². The van der Waals surface area contributed by atoms with Crippen LogP contribution in [-0.4, -0.2) is 43.4 Å². The fourth-order valence-corrected chi connectivity index (χ4v) is 3.30. The maximum absolute atomic E-state index is 11.7. The first-order valence-corrected chi connectivity index (χ1v) is 8.87. The van der Waals surface area contributed by atoms with Crippen molar-refractivity contribution in [3.05, 3.63) is 30.1 Å². The highest BCUT2D eigenvalue weighted by Crippen LogP contribution is 2.23.